The van der Waals surface area contributed by atoms with Crippen molar-refractivity contribution in [2.45, 2.75) is 53.6 Å². The van der Waals surface area contributed by atoms with Gasteiger partial charge in [-0.3, -0.25) is 4.79 Å². The highest BCUT2D eigenvalue weighted by atomic mass is 16.6. The zero-order chi connectivity index (χ0) is 12.1. The maximum Gasteiger partial charge on any atom is 0.320 e. The molecule has 15 heavy (non-hydrogen) atoms. The van der Waals surface area contributed by atoms with E-state index in [4.69, 9.17) is 4.74 Å². The van der Waals surface area contributed by atoms with Crippen LogP contribution >= 0.6 is 0 Å². The second kappa shape index (κ2) is 5.50. The van der Waals surface area contributed by atoms with E-state index in [-0.39, 0.29) is 11.6 Å². The third-order valence-electron chi connectivity index (χ3n) is 1.74. The van der Waals surface area contributed by atoms with Gasteiger partial charge in [0.1, 0.15) is 5.60 Å². The first-order chi connectivity index (χ1) is 6.60. The molecule has 0 fully saturated rings. The van der Waals surface area contributed by atoms with Gasteiger partial charge >= 0.3 is 5.97 Å². The molecule has 0 aliphatic rings. The molecule has 0 heterocycles. The third-order valence-corrected chi connectivity index (χ3v) is 1.74. The second-order valence-corrected chi connectivity index (χ2v) is 6.07. The number of esters is 1. The maximum absolute atomic E-state index is 11.3. The molecule has 0 atom stereocenters. The summed E-state index contributed by atoms with van der Waals surface area (Å²) in [4.78, 5) is 11.3. The van der Waals surface area contributed by atoms with Crippen LogP contribution in [-0.4, -0.2) is 24.7 Å². The summed E-state index contributed by atoms with van der Waals surface area (Å²) in [6, 6.07) is 0. The third kappa shape index (κ3) is 11.4. The minimum absolute atomic E-state index is 0.184. The van der Waals surface area contributed by atoms with E-state index >= 15 is 0 Å². The molecule has 0 aromatic carbocycles. The van der Waals surface area contributed by atoms with Crippen LogP contribution in [0.3, 0.4) is 0 Å². The van der Waals surface area contributed by atoms with Gasteiger partial charge in [0, 0.05) is 0 Å². The van der Waals surface area contributed by atoms with Gasteiger partial charge in [-0.1, -0.05) is 20.8 Å². The largest absolute Gasteiger partial charge is 0.459 e. The lowest BCUT2D eigenvalue weighted by atomic mass is 9.92. The average Bonchev–Trinajstić information content (AvgIpc) is 1.92. The van der Waals surface area contributed by atoms with E-state index in [1.807, 2.05) is 20.8 Å². The van der Waals surface area contributed by atoms with E-state index in [0.29, 0.717) is 12.0 Å². The van der Waals surface area contributed by atoms with Gasteiger partial charge in [0.05, 0.1) is 6.54 Å². The molecule has 0 saturated carbocycles. The van der Waals surface area contributed by atoms with Crippen LogP contribution in [0, 0.1) is 5.41 Å². The zero-order valence-corrected chi connectivity index (χ0v) is 10.9. The molecule has 0 aromatic rings. The Balaban J connectivity index is 3.57. The number of nitrogens with one attached hydrogen (secondary N) is 1. The molecule has 3 heteroatoms. The van der Waals surface area contributed by atoms with Gasteiger partial charge in [-0.2, -0.15) is 0 Å². The predicted molar refractivity (Wildman–Crippen MR) is 62.8 cm³/mol. The fourth-order valence-corrected chi connectivity index (χ4v) is 1.03. The molecule has 3 nitrogen and oxygen atoms in total. The fraction of sp³-hybridized carbons (Fsp3) is 0.917. The van der Waals surface area contributed by atoms with Gasteiger partial charge in [0.2, 0.25) is 0 Å². The Kier molecular flexibility index (Phi) is 5.29. The Morgan fingerprint density at radius 1 is 1.13 bits per heavy atom. The van der Waals surface area contributed by atoms with E-state index in [0.717, 1.165) is 13.0 Å². The van der Waals surface area contributed by atoms with Crippen molar-refractivity contribution < 1.29 is 9.53 Å². The molecule has 0 spiro atoms. The van der Waals surface area contributed by atoms with Crippen LogP contribution < -0.4 is 5.32 Å². The summed E-state index contributed by atoms with van der Waals surface area (Å²) in [5.74, 6) is -0.184. The molecular weight excluding hydrogens is 190 g/mol. The number of carbonyl (C=O) groups excluding carboxylic acids is 1. The topological polar surface area (TPSA) is 38.3 Å². The monoisotopic (exact) mass is 215 g/mol. The molecule has 0 radical (unpaired) electrons. The number of hydrogen-bond acceptors (Lipinski definition) is 3. The first-order valence-electron chi connectivity index (χ1n) is 5.53. The number of ether oxygens (including phenoxy) is 1. The summed E-state index contributed by atoms with van der Waals surface area (Å²) in [5.41, 5.74) is -0.0796. The van der Waals surface area contributed by atoms with Crippen LogP contribution in [0.5, 0.6) is 0 Å². The van der Waals surface area contributed by atoms with E-state index in [2.05, 4.69) is 26.1 Å². The van der Waals surface area contributed by atoms with Crippen molar-refractivity contribution in [2.75, 3.05) is 13.1 Å². The van der Waals surface area contributed by atoms with Crippen LogP contribution in [0.1, 0.15) is 48.0 Å². The van der Waals surface area contributed by atoms with E-state index in [9.17, 15) is 4.79 Å². The van der Waals surface area contributed by atoms with E-state index < -0.39 is 0 Å². The van der Waals surface area contributed by atoms with Gasteiger partial charge in [-0.25, -0.2) is 0 Å². The summed E-state index contributed by atoms with van der Waals surface area (Å²) < 4.78 is 5.17. The summed E-state index contributed by atoms with van der Waals surface area (Å²) >= 11 is 0. The molecule has 0 aliphatic heterocycles. The molecule has 90 valence electrons. The minimum Gasteiger partial charge on any atom is -0.459 e. The van der Waals surface area contributed by atoms with Crippen molar-refractivity contribution in [3.8, 4) is 0 Å². The van der Waals surface area contributed by atoms with Crippen molar-refractivity contribution in [3.63, 3.8) is 0 Å². The van der Waals surface area contributed by atoms with E-state index in [1.165, 1.54) is 0 Å². The summed E-state index contributed by atoms with van der Waals surface area (Å²) in [6.07, 6.45) is 1.05. The van der Waals surface area contributed by atoms with Crippen LogP contribution in [0.2, 0.25) is 0 Å². The molecule has 0 rings (SSSR count). The van der Waals surface area contributed by atoms with Crippen LogP contribution in [0.15, 0.2) is 0 Å². The maximum atomic E-state index is 11.3. The smallest absolute Gasteiger partial charge is 0.320 e. The van der Waals surface area contributed by atoms with Crippen molar-refractivity contribution in [1.29, 1.82) is 0 Å². The molecule has 0 amide bonds. The van der Waals surface area contributed by atoms with Crippen molar-refractivity contribution in [1.82, 2.24) is 5.32 Å². The van der Waals surface area contributed by atoms with Gasteiger partial charge in [0.15, 0.2) is 0 Å². The lowest BCUT2D eigenvalue weighted by Crippen LogP contribution is -2.32. The Morgan fingerprint density at radius 3 is 2.07 bits per heavy atom. The number of rotatable bonds is 4. The SMILES string of the molecule is CC(C)(C)CCNCC(=O)OC(C)(C)C. The first kappa shape index (κ1) is 14.4. The molecule has 0 bridgehead atoms. The highest BCUT2D eigenvalue weighted by Gasteiger charge is 2.16. The highest BCUT2D eigenvalue weighted by Crippen LogP contribution is 2.16. The Bertz CT molecular complexity index is 199. The molecule has 0 unspecified atom stereocenters. The van der Waals surface area contributed by atoms with Crippen LogP contribution in [0.4, 0.5) is 0 Å². The molecule has 0 aromatic heterocycles. The Hall–Kier alpha value is -0.570. The average molecular weight is 215 g/mol. The quantitative estimate of drug-likeness (QED) is 0.578. The summed E-state index contributed by atoms with van der Waals surface area (Å²) in [7, 11) is 0. The summed E-state index contributed by atoms with van der Waals surface area (Å²) in [6.45, 7) is 13.3. The van der Waals surface area contributed by atoms with Crippen LogP contribution in [0.25, 0.3) is 0 Å². The van der Waals surface area contributed by atoms with Gasteiger partial charge in [-0.05, 0) is 39.2 Å². The molecule has 0 saturated heterocycles. The number of hydrogen-bond donors (Lipinski definition) is 1. The second-order valence-electron chi connectivity index (χ2n) is 6.07. The van der Waals surface area contributed by atoms with Crippen molar-refractivity contribution >= 4 is 5.97 Å². The van der Waals surface area contributed by atoms with Gasteiger partial charge in [-0.15, -0.1) is 0 Å². The van der Waals surface area contributed by atoms with Crippen molar-refractivity contribution in [3.05, 3.63) is 0 Å². The normalized spacial score (nSPS) is 12.7. The Morgan fingerprint density at radius 2 is 1.67 bits per heavy atom. The van der Waals surface area contributed by atoms with Crippen molar-refractivity contribution in [2.24, 2.45) is 5.41 Å². The molecule has 1 N–H and O–H groups in total. The number of carbonyl (C=O) groups is 1. The van der Waals surface area contributed by atoms with E-state index in [1.54, 1.807) is 0 Å². The molecule has 0 aliphatic carbocycles. The lowest BCUT2D eigenvalue weighted by Gasteiger charge is -2.21. The molecular formula is C12H25NO2. The van der Waals surface area contributed by atoms with Crippen LogP contribution in [-0.2, 0) is 9.53 Å². The Labute approximate surface area is 93.6 Å². The minimum atomic E-state index is -0.386. The highest BCUT2D eigenvalue weighted by molar-refractivity contribution is 5.72. The first-order valence-corrected chi connectivity index (χ1v) is 5.53. The standard InChI is InChI=1S/C12H25NO2/c1-11(2,3)7-8-13-9-10(14)15-12(4,5)6/h13H,7-9H2,1-6H3. The fourth-order valence-electron chi connectivity index (χ4n) is 1.03. The summed E-state index contributed by atoms with van der Waals surface area (Å²) in [5, 5.41) is 3.09. The lowest BCUT2D eigenvalue weighted by molar-refractivity contribution is -0.153. The predicted octanol–water partition coefficient (Wildman–Crippen LogP) is 2.35. The van der Waals surface area contributed by atoms with Gasteiger partial charge < -0.3 is 10.1 Å². The zero-order valence-electron chi connectivity index (χ0n) is 10.9. The van der Waals surface area contributed by atoms with Gasteiger partial charge in [0.25, 0.3) is 0 Å².